The molecule has 0 bridgehead atoms. The third-order valence-corrected chi connectivity index (χ3v) is 5.93. The first kappa shape index (κ1) is 20.2. The van der Waals surface area contributed by atoms with Crippen LogP contribution in [0.3, 0.4) is 0 Å². The van der Waals surface area contributed by atoms with Gasteiger partial charge in [-0.15, -0.1) is 0 Å². The second-order valence-electron chi connectivity index (χ2n) is 4.35. The highest BCUT2D eigenvalue weighted by Crippen LogP contribution is 2.27. The molecule has 0 heterocycles. The van der Waals surface area contributed by atoms with Crippen LogP contribution in [0.4, 0.5) is 0 Å². The Balaban J connectivity index is 2.68. The molecule has 0 unspecified atom stereocenters. The van der Waals surface area contributed by atoms with Crippen LogP contribution < -0.4 is 0 Å². The molecule has 1 rings (SSSR count). The van der Waals surface area contributed by atoms with E-state index in [1.54, 1.807) is 0 Å². The van der Waals surface area contributed by atoms with Crippen LogP contribution in [0.5, 0.6) is 0 Å². The van der Waals surface area contributed by atoms with Crippen molar-refractivity contribution in [3.63, 3.8) is 0 Å². The summed E-state index contributed by atoms with van der Waals surface area (Å²) in [6, 6.07) is 10.5. The van der Waals surface area contributed by atoms with E-state index in [2.05, 4.69) is 0 Å². The van der Waals surface area contributed by atoms with Crippen LogP contribution in [0.2, 0.25) is 0 Å². The number of halogens is 3. The van der Waals surface area contributed by atoms with E-state index in [1.165, 1.54) is 0 Å². The summed E-state index contributed by atoms with van der Waals surface area (Å²) in [6.07, 6.45) is 0. The average molecular weight is 388 g/mol. The van der Waals surface area contributed by atoms with Gasteiger partial charge in [0.1, 0.15) is 0 Å². The van der Waals surface area contributed by atoms with Crippen molar-refractivity contribution in [3.05, 3.63) is 35.9 Å². The highest BCUT2D eigenvalue weighted by molar-refractivity contribution is 6.66. The van der Waals surface area contributed by atoms with Crippen molar-refractivity contribution in [2.24, 2.45) is 0 Å². The summed E-state index contributed by atoms with van der Waals surface area (Å²) in [5, 5.41) is 0. The quantitative estimate of drug-likeness (QED) is 0.343. The number of hydrogen-bond acceptors (Lipinski definition) is 4. The van der Waals surface area contributed by atoms with Crippen LogP contribution in [0.1, 0.15) is 19.4 Å². The van der Waals surface area contributed by atoms with Crippen molar-refractivity contribution in [2.45, 2.75) is 23.9 Å². The molecule has 0 aliphatic carbocycles. The van der Waals surface area contributed by atoms with E-state index >= 15 is 0 Å². The van der Waals surface area contributed by atoms with Crippen LogP contribution in [0.15, 0.2) is 30.3 Å². The van der Waals surface area contributed by atoms with E-state index < -0.39 is 12.8 Å². The molecule has 1 aromatic rings. The van der Waals surface area contributed by atoms with Crippen molar-refractivity contribution >= 4 is 43.6 Å². The molecule has 0 aliphatic rings. The number of benzene rings is 1. The van der Waals surface area contributed by atoms with Gasteiger partial charge in [0.25, 0.3) is 3.98 Å². The van der Waals surface area contributed by atoms with Gasteiger partial charge in [-0.05, 0) is 19.4 Å². The lowest BCUT2D eigenvalue weighted by molar-refractivity contribution is 0.0314. The molecule has 0 amide bonds. The fourth-order valence-corrected chi connectivity index (χ4v) is 4.72. The lowest BCUT2D eigenvalue weighted by atomic mass is 10.2. The van der Waals surface area contributed by atoms with E-state index in [0.717, 1.165) is 5.56 Å². The first-order valence-electron chi connectivity index (χ1n) is 7.07. The summed E-state index contributed by atoms with van der Waals surface area (Å²) in [5.41, 5.74) is 1.10. The maximum absolute atomic E-state index is 5.90. The molecule has 0 saturated heterocycles. The zero-order valence-electron chi connectivity index (χ0n) is 12.7. The van der Waals surface area contributed by atoms with E-state index in [4.69, 9.17) is 52.8 Å². The lowest BCUT2D eigenvalue weighted by Gasteiger charge is -2.29. The van der Waals surface area contributed by atoms with Gasteiger partial charge >= 0.3 is 8.80 Å². The summed E-state index contributed by atoms with van der Waals surface area (Å²) in [6.45, 7) is 5.20. The van der Waals surface area contributed by atoms with Crippen molar-refractivity contribution in [3.8, 4) is 0 Å². The van der Waals surface area contributed by atoms with Crippen LogP contribution in [0, 0.1) is 0 Å². The van der Waals surface area contributed by atoms with Gasteiger partial charge < -0.3 is 18.0 Å². The molecule has 0 fully saturated rings. The van der Waals surface area contributed by atoms with Crippen LogP contribution in [-0.4, -0.2) is 39.2 Å². The molecule has 0 N–H and O–H groups in total. The van der Waals surface area contributed by atoms with E-state index in [1.807, 2.05) is 44.2 Å². The SMILES string of the molecule is CCO[Si](Cc1ccccc1)(OCC)OCCOC(Cl)(Cl)Cl. The number of hydrogen-bond donors (Lipinski definition) is 0. The number of alkyl halides is 3. The Kier molecular flexibility index (Phi) is 9.27. The summed E-state index contributed by atoms with van der Waals surface area (Å²) in [7, 11) is -2.84. The monoisotopic (exact) mass is 386 g/mol. The summed E-state index contributed by atoms with van der Waals surface area (Å²) >= 11 is 16.6. The van der Waals surface area contributed by atoms with Crippen LogP contribution >= 0.6 is 34.8 Å². The Hall–Kier alpha value is 0.147. The predicted octanol–water partition coefficient (Wildman–Crippen LogP) is 4.14. The van der Waals surface area contributed by atoms with E-state index in [0.29, 0.717) is 19.3 Å². The van der Waals surface area contributed by atoms with Gasteiger partial charge in [0.2, 0.25) is 0 Å². The first-order chi connectivity index (χ1) is 10.4. The Bertz CT molecular complexity index is 408. The molecule has 0 aromatic heterocycles. The first-order valence-corrected chi connectivity index (χ1v) is 10.1. The van der Waals surface area contributed by atoms with Crippen molar-refractivity contribution in [2.75, 3.05) is 26.4 Å². The zero-order valence-corrected chi connectivity index (χ0v) is 16.0. The Morgan fingerprint density at radius 2 is 1.50 bits per heavy atom. The van der Waals surface area contributed by atoms with E-state index in [-0.39, 0.29) is 13.2 Å². The average Bonchev–Trinajstić information content (AvgIpc) is 2.44. The summed E-state index contributed by atoms with van der Waals surface area (Å²) in [4.78, 5) is 0. The highest BCUT2D eigenvalue weighted by atomic mass is 35.6. The summed E-state index contributed by atoms with van der Waals surface area (Å²) in [5.74, 6) is 0. The minimum absolute atomic E-state index is 0.139. The molecule has 22 heavy (non-hydrogen) atoms. The third kappa shape index (κ3) is 8.13. The van der Waals surface area contributed by atoms with Crippen LogP contribution in [0.25, 0.3) is 0 Å². The van der Waals surface area contributed by atoms with Gasteiger partial charge in [-0.3, -0.25) is 0 Å². The standard InChI is InChI=1S/C14H21Cl3O4Si/c1-3-19-22(20-4-2,12-13-8-6-5-7-9-13)21-11-10-18-14(15,16)17/h5-9H,3-4,10-12H2,1-2H3. The van der Waals surface area contributed by atoms with Crippen LogP contribution in [-0.2, 0) is 24.1 Å². The second-order valence-corrected chi connectivity index (χ2v) is 9.12. The van der Waals surface area contributed by atoms with Gasteiger partial charge in [0.15, 0.2) is 0 Å². The van der Waals surface area contributed by atoms with E-state index in [9.17, 15) is 0 Å². The van der Waals surface area contributed by atoms with Gasteiger partial charge in [0.05, 0.1) is 13.2 Å². The fourth-order valence-electron chi connectivity index (χ4n) is 1.92. The Labute approximate surface area is 147 Å². The second kappa shape index (κ2) is 10.1. The lowest BCUT2D eigenvalue weighted by Crippen LogP contribution is -2.49. The maximum atomic E-state index is 5.90. The highest BCUT2D eigenvalue weighted by Gasteiger charge is 2.41. The Morgan fingerprint density at radius 3 is 2.00 bits per heavy atom. The molecule has 0 radical (unpaired) electrons. The molecule has 4 nitrogen and oxygen atoms in total. The van der Waals surface area contributed by atoms with Crippen molar-refractivity contribution in [1.29, 1.82) is 0 Å². The topological polar surface area (TPSA) is 36.9 Å². The molecular formula is C14H21Cl3O4Si. The van der Waals surface area contributed by atoms with Crippen molar-refractivity contribution in [1.82, 2.24) is 0 Å². The van der Waals surface area contributed by atoms with Gasteiger partial charge in [-0.1, -0.05) is 65.1 Å². The van der Waals surface area contributed by atoms with Crippen molar-refractivity contribution < 1.29 is 18.0 Å². The normalized spacial score (nSPS) is 12.6. The molecule has 0 saturated carbocycles. The molecule has 0 aliphatic heterocycles. The minimum atomic E-state index is -2.84. The fraction of sp³-hybridized carbons (Fsp3) is 0.571. The molecule has 0 spiro atoms. The predicted molar refractivity (Wildman–Crippen MR) is 91.3 cm³/mol. The smallest absolute Gasteiger partial charge is 0.374 e. The number of rotatable bonds is 10. The summed E-state index contributed by atoms with van der Waals surface area (Å²) < 4.78 is 20.9. The maximum Gasteiger partial charge on any atom is 0.505 e. The minimum Gasteiger partial charge on any atom is -0.374 e. The zero-order chi connectivity index (χ0) is 16.5. The molecule has 1 aromatic carbocycles. The molecule has 8 heteroatoms. The number of ether oxygens (including phenoxy) is 1. The Morgan fingerprint density at radius 1 is 0.909 bits per heavy atom. The molecule has 0 atom stereocenters. The molecular weight excluding hydrogens is 367 g/mol. The molecule has 126 valence electrons. The van der Waals surface area contributed by atoms with Gasteiger partial charge in [-0.2, -0.15) is 0 Å². The largest absolute Gasteiger partial charge is 0.505 e. The third-order valence-electron chi connectivity index (χ3n) is 2.66. The van der Waals surface area contributed by atoms with Gasteiger partial charge in [-0.25, -0.2) is 0 Å². The van der Waals surface area contributed by atoms with Gasteiger partial charge in [0, 0.05) is 19.3 Å².